The molecule has 0 unspecified atom stereocenters. The number of nitrogens with zero attached hydrogens (tertiary/aromatic N) is 7. The molecule has 10 heteroatoms. The number of allylic oxidation sites excluding steroid dienone is 1. The first-order valence-corrected chi connectivity index (χ1v) is 12.3. The molecular weight excluding hydrogens is 480 g/mol. The minimum absolute atomic E-state index is 0.217. The van der Waals surface area contributed by atoms with E-state index in [1.807, 2.05) is 39.0 Å². The maximum Gasteiger partial charge on any atom is 0.445 e. The lowest BCUT2D eigenvalue weighted by molar-refractivity contribution is -0.331. The van der Waals surface area contributed by atoms with Crippen molar-refractivity contribution in [2.24, 2.45) is 12.5 Å². The number of aryl methyl sites for hydroxylation is 3. The van der Waals surface area contributed by atoms with Gasteiger partial charge in [0.25, 0.3) is 5.69 Å². The average Bonchev–Trinajstić information content (AvgIpc) is 3.36. The van der Waals surface area contributed by atoms with Crippen LogP contribution in [0.3, 0.4) is 0 Å². The maximum absolute atomic E-state index is 13.6. The van der Waals surface area contributed by atoms with E-state index >= 15 is 0 Å². The first-order chi connectivity index (χ1) is 18.2. The van der Waals surface area contributed by atoms with Crippen molar-refractivity contribution in [1.82, 2.24) is 19.7 Å². The van der Waals surface area contributed by atoms with Crippen LogP contribution in [0.2, 0.25) is 0 Å². The summed E-state index contributed by atoms with van der Waals surface area (Å²) in [6.07, 6.45) is 8.80. The highest BCUT2D eigenvalue weighted by molar-refractivity contribution is 6.14. The van der Waals surface area contributed by atoms with E-state index in [0.29, 0.717) is 28.7 Å². The van der Waals surface area contributed by atoms with Gasteiger partial charge in [-0.25, -0.2) is 9.78 Å². The van der Waals surface area contributed by atoms with Crippen molar-refractivity contribution in [3.8, 4) is 23.8 Å². The molecule has 1 N–H and O–H groups in total. The molecule has 7 rings (SSSR count). The number of ether oxygens (including phenoxy) is 1. The zero-order chi connectivity index (χ0) is 26.8. The van der Waals surface area contributed by atoms with E-state index < -0.39 is 0 Å². The first kappa shape index (κ1) is 23.6. The van der Waals surface area contributed by atoms with Crippen LogP contribution < -0.4 is 10.1 Å². The molecule has 3 saturated carbocycles. The molecule has 3 aromatic rings. The van der Waals surface area contributed by atoms with E-state index in [9.17, 15) is 10.1 Å². The van der Waals surface area contributed by atoms with Crippen molar-refractivity contribution in [2.45, 2.75) is 45.6 Å². The van der Waals surface area contributed by atoms with Crippen molar-refractivity contribution >= 4 is 29.3 Å². The predicted octanol–water partition coefficient (Wildman–Crippen LogP) is 4.32. The minimum Gasteiger partial charge on any atom is -0.437 e. The van der Waals surface area contributed by atoms with Crippen LogP contribution in [0.25, 0.3) is 6.08 Å². The summed E-state index contributed by atoms with van der Waals surface area (Å²) in [5, 5.41) is 25.9. The third-order valence-corrected chi connectivity index (χ3v) is 7.60. The summed E-state index contributed by atoms with van der Waals surface area (Å²) in [6, 6.07) is 8.29. The second-order valence-electron chi connectivity index (χ2n) is 10.6. The zero-order valence-corrected chi connectivity index (χ0v) is 21.5. The number of fused-ring (bicyclic) bond motifs is 1. The highest BCUT2D eigenvalue weighted by Crippen LogP contribution is 2.67. The number of anilines is 1. The number of aromatic nitrogens is 4. The van der Waals surface area contributed by atoms with Crippen LogP contribution >= 0.6 is 0 Å². The van der Waals surface area contributed by atoms with E-state index in [4.69, 9.17) is 15.0 Å². The Labute approximate surface area is 219 Å². The molecule has 38 heavy (non-hydrogen) atoms. The summed E-state index contributed by atoms with van der Waals surface area (Å²) in [5.41, 5.74) is 4.23. The molecular formula is C28H25N8O2+. The van der Waals surface area contributed by atoms with Gasteiger partial charge in [0.2, 0.25) is 23.2 Å². The number of carbonyl (C=O) groups excluding carboxylic acids is 1. The van der Waals surface area contributed by atoms with Crippen molar-refractivity contribution in [3.05, 3.63) is 58.6 Å². The fourth-order valence-corrected chi connectivity index (χ4v) is 6.00. The maximum atomic E-state index is 13.6. The molecule has 4 aliphatic rings. The Morgan fingerprint density at radius 1 is 1.16 bits per heavy atom. The second-order valence-corrected chi connectivity index (χ2v) is 10.6. The number of amides is 1. The molecule has 1 aromatic carbocycles. The van der Waals surface area contributed by atoms with Crippen LogP contribution in [0.15, 0.2) is 30.6 Å². The van der Waals surface area contributed by atoms with Gasteiger partial charge in [0, 0.05) is 25.6 Å². The Morgan fingerprint density at radius 2 is 1.87 bits per heavy atom. The Kier molecular flexibility index (Phi) is 5.01. The third-order valence-electron chi connectivity index (χ3n) is 7.60. The summed E-state index contributed by atoms with van der Waals surface area (Å²) < 4.78 is 9.67. The van der Waals surface area contributed by atoms with Crippen LogP contribution in [-0.2, 0) is 7.05 Å². The number of rotatable bonds is 6. The van der Waals surface area contributed by atoms with Crippen molar-refractivity contribution in [3.63, 3.8) is 0 Å². The van der Waals surface area contributed by atoms with E-state index in [1.165, 1.54) is 6.08 Å². The number of benzene rings is 1. The Bertz CT molecular complexity index is 1660. The Hall–Kier alpha value is -4.83. The van der Waals surface area contributed by atoms with Gasteiger partial charge in [-0.1, -0.05) is 0 Å². The number of carbonyl (C=O) groups is 1. The highest BCUT2D eigenvalue weighted by Gasteiger charge is 2.69. The highest BCUT2D eigenvalue weighted by atomic mass is 16.5. The molecule has 3 heterocycles. The lowest BCUT2D eigenvalue weighted by Crippen LogP contribution is -2.70. The van der Waals surface area contributed by atoms with Crippen LogP contribution in [-0.4, -0.2) is 41.5 Å². The minimum atomic E-state index is -0.280. The molecule has 0 radical (unpaired) electrons. The summed E-state index contributed by atoms with van der Waals surface area (Å²) in [5.74, 6) is 0.934. The molecule has 188 valence electrons. The molecule has 3 fully saturated rings. The normalized spacial score (nSPS) is 22.9. The van der Waals surface area contributed by atoms with E-state index in [0.717, 1.165) is 36.0 Å². The van der Waals surface area contributed by atoms with E-state index in [-0.39, 0.29) is 28.4 Å². The largest absolute Gasteiger partial charge is 0.445 e. The monoisotopic (exact) mass is 505 g/mol. The molecule has 2 aromatic heterocycles. The Balaban J connectivity index is 1.44. The fraction of sp³-hybridized carbons (Fsp3) is 0.321. The van der Waals surface area contributed by atoms with Gasteiger partial charge in [0.15, 0.2) is 0 Å². The second kappa shape index (κ2) is 8.09. The molecule has 3 aliphatic carbocycles. The molecule has 10 nitrogen and oxygen atoms in total. The lowest BCUT2D eigenvalue weighted by atomic mass is 9.40. The summed E-state index contributed by atoms with van der Waals surface area (Å²) >= 11 is 0. The summed E-state index contributed by atoms with van der Waals surface area (Å²) in [6.45, 7) is 5.70. The van der Waals surface area contributed by atoms with Crippen molar-refractivity contribution in [1.29, 1.82) is 10.5 Å². The van der Waals surface area contributed by atoms with Crippen LogP contribution in [0.5, 0.6) is 11.6 Å². The van der Waals surface area contributed by atoms with Gasteiger partial charge in [0.05, 0.1) is 23.8 Å². The van der Waals surface area contributed by atoms with Crippen LogP contribution in [0, 0.1) is 41.9 Å². The van der Waals surface area contributed by atoms with Crippen molar-refractivity contribution in [2.75, 3.05) is 5.32 Å². The number of hydrogen-bond donors (Lipinski definition) is 1. The standard InChI is InChI=1S/C28H24N8O2/c1-16-8-19(6-5-7-29)9-17(2)23(16)38-24-21-18(3)36(20-10-31-35(4)11-20)25(37)22(21)32-26(33-24)34-28-12-27(13-28,14-28)15-30/h5-6,8-11H,12-14H2,1-4H3/p+1/b6-5+. The molecule has 1 aliphatic heterocycles. The number of nitriles is 2. The van der Waals surface area contributed by atoms with Crippen molar-refractivity contribution < 1.29 is 14.1 Å². The SMILES string of the molecule is CC1=[N+](c2cnn(C)c2)C(=O)c2nc(NC34CC(C#N)(C3)C4)nc(Oc3c(C)cc(/C=C/C#N)cc3C)c21. The van der Waals surface area contributed by atoms with E-state index in [2.05, 4.69) is 21.5 Å². The summed E-state index contributed by atoms with van der Waals surface area (Å²) in [7, 11) is 1.79. The van der Waals surface area contributed by atoms with Gasteiger partial charge in [0.1, 0.15) is 17.5 Å². The summed E-state index contributed by atoms with van der Waals surface area (Å²) in [4.78, 5) is 23.0. The smallest absolute Gasteiger partial charge is 0.437 e. The van der Waals surface area contributed by atoms with Gasteiger partial charge in [-0.3, -0.25) is 4.68 Å². The molecule has 1 amide bonds. The van der Waals surface area contributed by atoms with Crippen LogP contribution in [0.1, 0.15) is 58.9 Å². The number of hydrogen-bond acceptors (Lipinski definition) is 8. The van der Waals surface area contributed by atoms with E-state index in [1.54, 1.807) is 34.8 Å². The quantitative estimate of drug-likeness (QED) is 0.387. The van der Waals surface area contributed by atoms with Gasteiger partial charge in [-0.05, 0) is 68.0 Å². The Morgan fingerprint density at radius 3 is 2.47 bits per heavy atom. The van der Waals surface area contributed by atoms with Crippen LogP contribution in [0.4, 0.5) is 11.6 Å². The van der Waals surface area contributed by atoms with Gasteiger partial charge in [-0.2, -0.15) is 20.6 Å². The average molecular weight is 506 g/mol. The fourth-order valence-electron chi connectivity index (χ4n) is 6.00. The zero-order valence-electron chi connectivity index (χ0n) is 21.5. The molecule has 0 atom stereocenters. The van der Waals surface area contributed by atoms with Gasteiger partial charge < -0.3 is 10.1 Å². The predicted molar refractivity (Wildman–Crippen MR) is 138 cm³/mol. The third kappa shape index (κ3) is 3.49. The molecule has 0 spiro atoms. The molecule has 2 bridgehead atoms. The van der Waals surface area contributed by atoms with Gasteiger partial charge >= 0.3 is 5.91 Å². The first-order valence-electron chi connectivity index (χ1n) is 12.3. The molecule has 0 saturated heterocycles. The van der Waals surface area contributed by atoms with Gasteiger partial charge in [-0.15, -0.1) is 4.58 Å². The lowest BCUT2D eigenvalue weighted by Gasteiger charge is -2.66. The number of nitrogens with one attached hydrogen (secondary N) is 1. The topological polar surface area (TPSA) is 133 Å².